The lowest BCUT2D eigenvalue weighted by Crippen LogP contribution is -2.02. The predicted octanol–water partition coefficient (Wildman–Crippen LogP) is 6.35. The van der Waals surface area contributed by atoms with E-state index < -0.39 is 11.6 Å². The van der Waals surface area contributed by atoms with Crippen LogP contribution in [0.4, 0.5) is 8.78 Å². The fourth-order valence-electron chi connectivity index (χ4n) is 3.05. The molecule has 1 N–H and O–H groups in total. The summed E-state index contributed by atoms with van der Waals surface area (Å²) in [5.74, 6) is 0.284. The van der Waals surface area contributed by atoms with Gasteiger partial charge in [0.05, 0.1) is 17.1 Å². The summed E-state index contributed by atoms with van der Waals surface area (Å²) in [5, 5.41) is 0.636. The van der Waals surface area contributed by atoms with Crippen LogP contribution in [-0.4, -0.2) is 9.97 Å². The summed E-state index contributed by atoms with van der Waals surface area (Å²) in [6, 6.07) is 16.1. The van der Waals surface area contributed by atoms with Crippen molar-refractivity contribution in [1.82, 2.24) is 9.97 Å². The molecular formula is C23H19ClF2N2O2. The van der Waals surface area contributed by atoms with Crippen molar-refractivity contribution in [1.29, 1.82) is 0 Å². The molecule has 154 valence electrons. The van der Waals surface area contributed by atoms with Crippen LogP contribution in [0, 0.1) is 11.6 Å². The molecule has 1 atom stereocenters. The van der Waals surface area contributed by atoms with Crippen molar-refractivity contribution in [2.24, 2.45) is 0 Å². The number of hydrogen-bond donors (Lipinski definition) is 1. The lowest BCUT2D eigenvalue weighted by Gasteiger charge is -2.13. The van der Waals surface area contributed by atoms with Crippen molar-refractivity contribution >= 4 is 22.6 Å². The predicted molar refractivity (Wildman–Crippen MR) is 111 cm³/mol. The number of fused-ring (bicyclic) bond motifs is 1. The van der Waals surface area contributed by atoms with Crippen LogP contribution in [0.5, 0.6) is 5.75 Å². The molecule has 0 saturated heterocycles. The summed E-state index contributed by atoms with van der Waals surface area (Å²) in [7, 11) is 0. The van der Waals surface area contributed by atoms with Gasteiger partial charge < -0.3 is 14.5 Å². The summed E-state index contributed by atoms with van der Waals surface area (Å²) >= 11 is 5.99. The Balaban J connectivity index is 1.34. The Hall–Kier alpha value is -2.96. The normalized spacial score (nSPS) is 12.3. The number of aromatic amines is 1. The van der Waals surface area contributed by atoms with Crippen LogP contribution >= 0.6 is 11.6 Å². The van der Waals surface area contributed by atoms with Gasteiger partial charge in [-0.25, -0.2) is 13.8 Å². The molecule has 0 radical (unpaired) electrons. The highest BCUT2D eigenvalue weighted by atomic mass is 35.5. The fourth-order valence-corrected chi connectivity index (χ4v) is 3.22. The van der Waals surface area contributed by atoms with E-state index in [1.54, 1.807) is 18.2 Å². The van der Waals surface area contributed by atoms with E-state index in [0.29, 0.717) is 17.4 Å². The Morgan fingerprint density at radius 1 is 1.00 bits per heavy atom. The Morgan fingerprint density at radius 3 is 2.60 bits per heavy atom. The zero-order valence-corrected chi connectivity index (χ0v) is 16.9. The molecule has 4 rings (SSSR count). The maximum Gasteiger partial charge on any atom is 0.133 e. The molecule has 7 heteroatoms. The van der Waals surface area contributed by atoms with E-state index in [2.05, 4.69) is 9.97 Å². The molecule has 4 aromatic rings. The second-order valence-corrected chi connectivity index (χ2v) is 7.33. The molecule has 0 aliphatic heterocycles. The fraction of sp³-hybridized carbons (Fsp3) is 0.174. The SMILES string of the molecule is CC(OCc1nc2cc(Cl)ccc2[nH]1)c1ccc(OCc2cc(F)ccc2F)cc1. The Kier molecular flexibility index (Phi) is 5.97. The van der Waals surface area contributed by atoms with Crippen molar-refractivity contribution in [2.75, 3.05) is 0 Å². The van der Waals surface area contributed by atoms with Gasteiger partial charge in [0, 0.05) is 10.6 Å². The van der Waals surface area contributed by atoms with Crippen LogP contribution in [0.2, 0.25) is 5.02 Å². The maximum absolute atomic E-state index is 13.7. The van der Waals surface area contributed by atoms with Crippen LogP contribution < -0.4 is 4.74 Å². The highest BCUT2D eigenvalue weighted by Gasteiger charge is 2.10. The monoisotopic (exact) mass is 428 g/mol. The summed E-state index contributed by atoms with van der Waals surface area (Å²) in [4.78, 5) is 7.68. The van der Waals surface area contributed by atoms with E-state index in [1.165, 1.54) is 0 Å². The molecule has 30 heavy (non-hydrogen) atoms. The van der Waals surface area contributed by atoms with Crippen LogP contribution in [0.15, 0.2) is 60.7 Å². The molecule has 0 bridgehead atoms. The Morgan fingerprint density at radius 2 is 1.80 bits per heavy atom. The average molecular weight is 429 g/mol. The summed E-state index contributed by atoms with van der Waals surface area (Å²) in [6.07, 6.45) is -0.170. The van der Waals surface area contributed by atoms with E-state index in [0.717, 1.165) is 40.6 Å². The minimum Gasteiger partial charge on any atom is -0.489 e. The lowest BCUT2D eigenvalue weighted by atomic mass is 10.1. The number of H-pyrrole nitrogens is 1. The standard InChI is InChI=1S/C23H19ClF2N2O2/c1-14(29-13-23-27-21-9-4-17(24)11-22(21)28-23)15-2-6-19(7-3-15)30-12-16-10-18(25)5-8-20(16)26/h2-11,14H,12-13H2,1H3,(H,27,28). The molecule has 1 unspecified atom stereocenters. The zero-order chi connectivity index (χ0) is 21.1. The van der Waals surface area contributed by atoms with Crippen molar-refractivity contribution < 1.29 is 18.3 Å². The Labute approximate surface area is 177 Å². The maximum atomic E-state index is 13.7. The number of ether oxygens (including phenoxy) is 2. The molecule has 3 aromatic carbocycles. The third-order valence-corrected chi connectivity index (χ3v) is 4.95. The van der Waals surface area contributed by atoms with Crippen molar-refractivity contribution in [3.05, 3.63) is 94.3 Å². The highest BCUT2D eigenvalue weighted by Crippen LogP contribution is 2.23. The molecule has 0 amide bonds. The molecule has 4 nitrogen and oxygen atoms in total. The van der Waals surface area contributed by atoms with Gasteiger partial charge in [0.2, 0.25) is 0 Å². The van der Waals surface area contributed by atoms with Crippen molar-refractivity contribution in [2.45, 2.75) is 26.2 Å². The van der Waals surface area contributed by atoms with E-state index in [9.17, 15) is 8.78 Å². The zero-order valence-electron chi connectivity index (χ0n) is 16.2. The minimum absolute atomic E-state index is 0.0505. The molecule has 1 heterocycles. The van der Waals surface area contributed by atoms with Crippen LogP contribution in [-0.2, 0) is 18.0 Å². The second-order valence-electron chi connectivity index (χ2n) is 6.89. The van der Waals surface area contributed by atoms with Gasteiger partial charge in [0.25, 0.3) is 0 Å². The van der Waals surface area contributed by atoms with Gasteiger partial charge in [0.15, 0.2) is 0 Å². The quantitative estimate of drug-likeness (QED) is 0.373. The van der Waals surface area contributed by atoms with Gasteiger partial charge >= 0.3 is 0 Å². The van der Waals surface area contributed by atoms with Gasteiger partial charge in [-0.15, -0.1) is 0 Å². The van der Waals surface area contributed by atoms with Gasteiger partial charge in [-0.05, 0) is 61.0 Å². The molecule has 0 fully saturated rings. The molecule has 0 aliphatic carbocycles. The third-order valence-electron chi connectivity index (χ3n) is 4.72. The first-order chi connectivity index (χ1) is 14.5. The molecule has 1 aromatic heterocycles. The number of nitrogens with zero attached hydrogens (tertiary/aromatic N) is 1. The number of nitrogens with one attached hydrogen (secondary N) is 1. The highest BCUT2D eigenvalue weighted by molar-refractivity contribution is 6.31. The minimum atomic E-state index is -0.497. The van der Waals surface area contributed by atoms with Crippen LogP contribution in [0.1, 0.15) is 30.0 Å². The van der Waals surface area contributed by atoms with E-state index in [1.807, 2.05) is 31.2 Å². The topological polar surface area (TPSA) is 47.1 Å². The summed E-state index contributed by atoms with van der Waals surface area (Å²) in [5.41, 5.74) is 2.83. The molecular weight excluding hydrogens is 410 g/mol. The van der Waals surface area contributed by atoms with E-state index in [4.69, 9.17) is 21.1 Å². The third kappa shape index (κ3) is 4.78. The number of benzene rings is 3. The van der Waals surface area contributed by atoms with Crippen LogP contribution in [0.25, 0.3) is 11.0 Å². The number of imidazole rings is 1. The summed E-state index contributed by atoms with van der Waals surface area (Å²) < 4.78 is 38.4. The Bertz CT molecular complexity index is 1160. The lowest BCUT2D eigenvalue weighted by molar-refractivity contribution is 0.0488. The van der Waals surface area contributed by atoms with Gasteiger partial charge in [-0.2, -0.15) is 0 Å². The number of aromatic nitrogens is 2. The van der Waals surface area contributed by atoms with E-state index >= 15 is 0 Å². The number of rotatable bonds is 7. The summed E-state index contributed by atoms with van der Waals surface area (Å²) in [6.45, 7) is 2.22. The first-order valence-electron chi connectivity index (χ1n) is 9.40. The average Bonchev–Trinajstić information content (AvgIpc) is 3.15. The smallest absolute Gasteiger partial charge is 0.133 e. The molecule has 0 spiro atoms. The largest absolute Gasteiger partial charge is 0.489 e. The molecule has 0 saturated carbocycles. The second kappa shape index (κ2) is 8.81. The van der Waals surface area contributed by atoms with Gasteiger partial charge in [-0.3, -0.25) is 0 Å². The first-order valence-corrected chi connectivity index (χ1v) is 9.78. The number of halogens is 3. The van der Waals surface area contributed by atoms with Crippen molar-refractivity contribution in [3.8, 4) is 5.75 Å². The van der Waals surface area contributed by atoms with Gasteiger partial charge in [-0.1, -0.05) is 23.7 Å². The van der Waals surface area contributed by atoms with Crippen molar-refractivity contribution in [3.63, 3.8) is 0 Å². The molecule has 0 aliphatic rings. The number of hydrogen-bond acceptors (Lipinski definition) is 3. The van der Waals surface area contributed by atoms with Crippen LogP contribution in [0.3, 0.4) is 0 Å². The van der Waals surface area contributed by atoms with E-state index in [-0.39, 0.29) is 18.3 Å². The first kappa shape index (κ1) is 20.3. The van der Waals surface area contributed by atoms with Gasteiger partial charge in [0.1, 0.15) is 36.4 Å².